The summed E-state index contributed by atoms with van der Waals surface area (Å²) in [6.45, 7) is 3.74. The Morgan fingerprint density at radius 2 is 2.05 bits per heavy atom. The predicted octanol–water partition coefficient (Wildman–Crippen LogP) is 0.261. The highest BCUT2D eigenvalue weighted by atomic mass is 16.5. The summed E-state index contributed by atoms with van der Waals surface area (Å²) in [5, 5.41) is 6.62. The molecule has 22 heavy (non-hydrogen) atoms. The van der Waals surface area contributed by atoms with Gasteiger partial charge in [0.1, 0.15) is 6.23 Å². The maximum atomic E-state index is 6.22. The highest BCUT2D eigenvalue weighted by Crippen LogP contribution is 2.25. The average molecular weight is 309 g/mol. The monoisotopic (exact) mass is 309 g/mol. The van der Waals surface area contributed by atoms with Crippen molar-refractivity contribution in [1.29, 1.82) is 0 Å². The lowest BCUT2D eigenvalue weighted by atomic mass is 9.93. The van der Waals surface area contributed by atoms with Gasteiger partial charge in [-0.3, -0.25) is 10.2 Å². The van der Waals surface area contributed by atoms with E-state index in [1.54, 1.807) is 0 Å². The molecule has 6 N–H and O–H groups in total. The minimum atomic E-state index is -0.143. The molecule has 0 amide bonds. The van der Waals surface area contributed by atoms with Crippen LogP contribution >= 0.6 is 0 Å². The first-order valence-electron chi connectivity index (χ1n) is 8.77. The van der Waals surface area contributed by atoms with Crippen LogP contribution in [-0.2, 0) is 4.74 Å². The Balaban J connectivity index is 1.37. The summed E-state index contributed by atoms with van der Waals surface area (Å²) in [6.07, 6.45) is 9.02. The number of rotatable bonds is 6. The summed E-state index contributed by atoms with van der Waals surface area (Å²) < 4.78 is 5.79. The Morgan fingerprint density at radius 3 is 2.68 bits per heavy atom. The van der Waals surface area contributed by atoms with E-state index in [2.05, 4.69) is 15.5 Å². The summed E-state index contributed by atoms with van der Waals surface area (Å²) in [7, 11) is 0. The van der Waals surface area contributed by atoms with Crippen LogP contribution in [0.1, 0.15) is 38.5 Å². The first kappa shape index (κ1) is 16.1. The van der Waals surface area contributed by atoms with Crippen LogP contribution < -0.4 is 22.1 Å². The van der Waals surface area contributed by atoms with Crippen molar-refractivity contribution in [3.8, 4) is 0 Å². The number of nitrogens with zero attached hydrogens (tertiary/aromatic N) is 1. The highest BCUT2D eigenvalue weighted by Gasteiger charge is 2.30. The lowest BCUT2D eigenvalue weighted by Crippen LogP contribution is -2.50. The third kappa shape index (κ3) is 3.93. The molecule has 6 nitrogen and oxygen atoms in total. The molecule has 0 spiro atoms. The van der Waals surface area contributed by atoms with E-state index < -0.39 is 0 Å². The molecule has 0 aromatic heterocycles. The summed E-state index contributed by atoms with van der Waals surface area (Å²) >= 11 is 0. The summed E-state index contributed by atoms with van der Waals surface area (Å²) in [5.74, 6) is 0.464. The van der Waals surface area contributed by atoms with Crippen LogP contribution in [0.2, 0.25) is 0 Å². The van der Waals surface area contributed by atoms with Crippen LogP contribution in [-0.4, -0.2) is 49.6 Å². The van der Waals surface area contributed by atoms with Gasteiger partial charge in [-0.2, -0.15) is 0 Å². The van der Waals surface area contributed by atoms with E-state index in [-0.39, 0.29) is 6.23 Å². The topological polar surface area (TPSA) is 88.6 Å². The van der Waals surface area contributed by atoms with Crippen molar-refractivity contribution in [3.63, 3.8) is 0 Å². The third-order valence-corrected chi connectivity index (χ3v) is 5.45. The second-order valence-corrected chi connectivity index (χ2v) is 6.88. The van der Waals surface area contributed by atoms with Crippen molar-refractivity contribution in [2.45, 2.75) is 56.8 Å². The number of hydrogen-bond acceptors (Lipinski definition) is 6. The van der Waals surface area contributed by atoms with E-state index in [4.69, 9.17) is 16.2 Å². The van der Waals surface area contributed by atoms with Gasteiger partial charge in [0.2, 0.25) is 0 Å². The SMILES string of the molecule is NC1=CNCCC1N1CCC(C(N)OCNC2CCC2)CC1. The minimum Gasteiger partial charge on any atom is -0.400 e. The minimum absolute atomic E-state index is 0.143. The number of likely N-dealkylation sites (tertiary alicyclic amines) is 1. The molecular weight excluding hydrogens is 278 g/mol. The predicted molar refractivity (Wildman–Crippen MR) is 87.7 cm³/mol. The molecule has 1 saturated heterocycles. The van der Waals surface area contributed by atoms with Gasteiger partial charge in [-0.05, 0) is 45.2 Å². The van der Waals surface area contributed by atoms with Crippen LogP contribution in [0.25, 0.3) is 0 Å². The van der Waals surface area contributed by atoms with Crippen LogP contribution in [0.4, 0.5) is 0 Å². The quantitative estimate of drug-likeness (QED) is 0.527. The van der Waals surface area contributed by atoms with Gasteiger partial charge >= 0.3 is 0 Å². The molecule has 2 aliphatic heterocycles. The van der Waals surface area contributed by atoms with Gasteiger partial charge in [0, 0.05) is 30.4 Å². The van der Waals surface area contributed by atoms with Crippen LogP contribution in [0.15, 0.2) is 11.9 Å². The van der Waals surface area contributed by atoms with E-state index in [1.165, 1.54) is 19.3 Å². The smallest absolute Gasteiger partial charge is 0.110 e. The fourth-order valence-corrected chi connectivity index (χ4v) is 3.64. The Bertz CT molecular complexity index is 377. The molecule has 2 heterocycles. The van der Waals surface area contributed by atoms with Crippen molar-refractivity contribution >= 4 is 0 Å². The fourth-order valence-electron chi connectivity index (χ4n) is 3.64. The summed E-state index contributed by atoms with van der Waals surface area (Å²) in [6, 6.07) is 1.06. The van der Waals surface area contributed by atoms with Crippen molar-refractivity contribution in [1.82, 2.24) is 15.5 Å². The number of nitrogens with one attached hydrogen (secondary N) is 2. The number of nitrogens with two attached hydrogens (primary N) is 2. The van der Waals surface area contributed by atoms with E-state index in [0.29, 0.717) is 24.7 Å². The fraction of sp³-hybridized carbons (Fsp3) is 0.875. The first-order valence-corrected chi connectivity index (χ1v) is 8.77. The van der Waals surface area contributed by atoms with E-state index in [9.17, 15) is 0 Å². The Morgan fingerprint density at radius 1 is 1.27 bits per heavy atom. The van der Waals surface area contributed by atoms with Gasteiger partial charge < -0.3 is 21.5 Å². The van der Waals surface area contributed by atoms with Gasteiger partial charge in [0.25, 0.3) is 0 Å². The molecule has 2 unspecified atom stereocenters. The van der Waals surface area contributed by atoms with Gasteiger partial charge in [-0.15, -0.1) is 0 Å². The molecule has 6 heteroatoms. The number of piperidine rings is 1. The van der Waals surface area contributed by atoms with E-state index in [1.807, 2.05) is 6.20 Å². The first-order chi connectivity index (χ1) is 10.7. The lowest BCUT2D eigenvalue weighted by Gasteiger charge is -2.40. The van der Waals surface area contributed by atoms with E-state index >= 15 is 0 Å². The molecule has 0 aromatic rings. The molecule has 0 aromatic carbocycles. The molecule has 2 atom stereocenters. The molecule has 0 bridgehead atoms. The second-order valence-electron chi connectivity index (χ2n) is 6.88. The molecule has 1 saturated carbocycles. The lowest BCUT2D eigenvalue weighted by molar-refractivity contribution is -0.0231. The Labute approximate surface area is 133 Å². The number of hydrogen-bond donors (Lipinski definition) is 4. The molecule has 0 radical (unpaired) electrons. The van der Waals surface area contributed by atoms with Gasteiger partial charge in [-0.1, -0.05) is 6.42 Å². The Hall–Kier alpha value is -0.820. The average Bonchev–Trinajstić information content (AvgIpc) is 2.50. The zero-order chi connectivity index (χ0) is 15.4. The van der Waals surface area contributed by atoms with Gasteiger partial charge in [-0.25, -0.2) is 0 Å². The summed E-state index contributed by atoms with van der Waals surface area (Å²) in [4.78, 5) is 2.50. The largest absolute Gasteiger partial charge is 0.400 e. The van der Waals surface area contributed by atoms with E-state index in [0.717, 1.165) is 44.6 Å². The van der Waals surface area contributed by atoms with Crippen LogP contribution in [0, 0.1) is 5.92 Å². The summed E-state index contributed by atoms with van der Waals surface area (Å²) in [5.41, 5.74) is 13.3. The second kappa shape index (κ2) is 7.64. The van der Waals surface area contributed by atoms with Crippen molar-refractivity contribution in [2.24, 2.45) is 17.4 Å². The maximum absolute atomic E-state index is 6.22. The van der Waals surface area contributed by atoms with Crippen molar-refractivity contribution < 1.29 is 4.74 Å². The number of ether oxygens (including phenoxy) is 1. The van der Waals surface area contributed by atoms with Gasteiger partial charge in [0.15, 0.2) is 0 Å². The molecule has 1 aliphatic carbocycles. The molecular formula is C16H31N5O. The van der Waals surface area contributed by atoms with Crippen LogP contribution in [0.5, 0.6) is 0 Å². The van der Waals surface area contributed by atoms with Crippen LogP contribution in [0.3, 0.4) is 0 Å². The molecule has 126 valence electrons. The maximum Gasteiger partial charge on any atom is 0.110 e. The zero-order valence-electron chi connectivity index (χ0n) is 13.5. The molecule has 2 fully saturated rings. The molecule has 3 rings (SSSR count). The Kier molecular flexibility index (Phi) is 5.57. The zero-order valence-corrected chi connectivity index (χ0v) is 13.5. The molecule has 3 aliphatic rings. The third-order valence-electron chi connectivity index (χ3n) is 5.45. The van der Waals surface area contributed by atoms with Gasteiger partial charge in [0.05, 0.1) is 12.8 Å². The van der Waals surface area contributed by atoms with Crippen molar-refractivity contribution in [3.05, 3.63) is 11.9 Å². The normalized spacial score (nSPS) is 29.5. The standard InChI is InChI=1S/C16H31N5O/c17-14-10-19-7-4-15(14)21-8-5-12(6-9-21)16(18)22-11-20-13-2-1-3-13/h10,12-13,15-16,19-20H,1-9,11,17-18H2. The van der Waals surface area contributed by atoms with Crippen molar-refractivity contribution in [2.75, 3.05) is 26.4 Å². The highest BCUT2D eigenvalue weighted by molar-refractivity contribution is 5.10.